The summed E-state index contributed by atoms with van der Waals surface area (Å²) in [5.74, 6) is -1.98. The lowest BCUT2D eigenvalue weighted by Gasteiger charge is -2.05. The average Bonchev–Trinajstić information content (AvgIpc) is 3.14. The Hall–Kier alpha value is -2.77. The van der Waals surface area contributed by atoms with Crippen LogP contribution in [0.25, 0.3) is 11.6 Å². The summed E-state index contributed by atoms with van der Waals surface area (Å²) in [6.07, 6.45) is 3.39. The van der Waals surface area contributed by atoms with Gasteiger partial charge in [0, 0.05) is 22.4 Å². The number of aromatic amines is 1. The summed E-state index contributed by atoms with van der Waals surface area (Å²) in [6, 6.07) is 8.92. The summed E-state index contributed by atoms with van der Waals surface area (Å²) in [4.78, 5) is 7.22. The molecule has 0 fully saturated rings. The number of halogens is 3. The molecule has 4 rings (SSSR count). The van der Waals surface area contributed by atoms with Gasteiger partial charge in [0.25, 0.3) is 0 Å². The highest BCUT2D eigenvalue weighted by atomic mass is 35.5. The Morgan fingerprint density at radius 1 is 1.19 bits per heavy atom. The van der Waals surface area contributed by atoms with E-state index in [2.05, 4.69) is 9.98 Å². The highest BCUT2D eigenvalue weighted by Gasteiger charge is 2.16. The van der Waals surface area contributed by atoms with Gasteiger partial charge in [0.15, 0.2) is 16.4 Å². The molecule has 0 aliphatic carbocycles. The van der Waals surface area contributed by atoms with Gasteiger partial charge >= 0.3 is 0 Å². The number of aromatic nitrogens is 2. The average molecular weight is 404 g/mol. The highest BCUT2D eigenvalue weighted by molar-refractivity contribution is 7.71. The minimum atomic E-state index is -0.950. The molecule has 1 aromatic heterocycles. The van der Waals surface area contributed by atoms with E-state index in [-0.39, 0.29) is 17.2 Å². The molecule has 3 aromatic rings. The number of rotatable bonds is 3. The van der Waals surface area contributed by atoms with Crippen molar-refractivity contribution in [1.29, 1.82) is 0 Å². The minimum Gasteiger partial charge on any atom is -0.493 e. The number of imidazole rings is 1. The standard InChI is InChI=1S/C19H12ClF2N3OS/c20-12-2-3-13-11(8-23-16(13)7-12)6-17-18(26)25(19(27)24-17)9-10-1-4-14(21)15(22)5-10/h1-8,26H,9H2,(H,24,27)/b11-6+. The topological polar surface area (TPSA) is 53.3 Å². The smallest absolute Gasteiger partial charge is 0.218 e. The van der Waals surface area contributed by atoms with E-state index in [1.807, 2.05) is 6.07 Å². The van der Waals surface area contributed by atoms with Crippen molar-refractivity contribution in [2.45, 2.75) is 6.54 Å². The maximum absolute atomic E-state index is 13.4. The fraction of sp³-hybridized carbons (Fsp3) is 0.0526. The van der Waals surface area contributed by atoms with E-state index in [0.29, 0.717) is 16.3 Å². The molecule has 1 aliphatic rings. The number of H-pyrrole nitrogens is 1. The molecule has 0 unspecified atom stereocenters. The third-order valence-corrected chi connectivity index (χ3v) is 4.78. The van der Waals surface area contributed by atoms with Crippen LogP contribution in [0.2, 0.25) is 5.02 Å². The molecular formula is C19H12ClF2N3OS. The van der Waals surface area contributed by atoms with E-state index >= 15 is 0 Å². The maximum atomic E-state index is 13.4. The molecule has 0 atom stereocenters. The van der Waals surface area contributed by atoms with Gasteiger partial charge in [-0.15, -0.1) is 0 Å². The molecule has 136 valence electrons. The Labute approximate surface area is 163 Å². The molecule has 1 aliphatic heterocycles. The van der Waals surface area contributed by atoms with Crippen LogP contribution in [0.5, 0.6) is 5.88 Å². The van der Waals surface area contributed by atoms with Gasteiger partial charge in [0.2, 0.25) is 5.88 Å². The highest BCUT2D eigenvalue weighted by Crippen LogP contribution is 2.35. The third-order valence-electron chi connectivity index (χ3n) is 4.22. The summed E-state index contributed by atoms with van der Waals surface area (Å²) < 4.78 is 28.2. The second-order valence-electron chi connectivity index (χ2n) is 6.02. The number of aliphatic imine (C=N–C) groups is 1. The molecule has 8 heteroatoms. The van der Waals surface area contributed by atoms with Gasteiger partial charge in [-0.25, -0.2) is 8.78 Å². The monoisotopic (exact) mass is 403 g/mol. The predicted molar refractivity (Wildman–Crippen MR) is 104 cm³/mol. The van der Waals surface area contributed by atoms with Crippen molar-refractivity contribution in [3.05, 3.63) is 74.6 Å². The molecule has 27 heavy (non-hydrogen) atoms. The summed E-state index contributed by atoms with van der Waals surface area (Å²) in [5.41, 5.74) is 3.28. The molecule has 0 saturated heterocycles. The van der Waals surface area contributed by atoms with E-state index in [1.165, 1.54) is 10.6 Å². The molecule has 2 heterocycles. The van der Waals surface area contributed by atoms with Crippen LogP contribution in [0.4, 0.5) is 14.5 Å². The van der Waals surface area contributed by atoms with Crippen molar-refractivity contribution < 1.29 is 13.9 Å². The van der Waals surface area contributed by atoms with Gasteiger partial charge in [0.05, 0.1) is 12.2 Å². The van der Waals surface area contributed by atoms with Crippen LogP contribution >= 0.6 is 23.8 Å². The lowest BCUT2D eigenvalue weighted by Crippen LogP contribution is -2.00. The summed E-state index contributed by atoms with van der Waals surface area (Å²) in [6.45, 7) is 0.0990. The normalized spacial score (nSPS) is 14.1. The Balaban J connectivity index is 1.69. The predicted octanol–water partition coefficient (Wildman–Crippen LogP) is 5.49. The van der Waals surface area contributed by atoms with E-state index in [0.717, 1.165) is 29.0 Å². The second-order valence-corrected chi connectivity index (χ2v) is 6.84. The number of aromatic hydroxyl groups is 1. The number of allylic oxidation sites excluding steroid dienone is 1. The van der Waals surface area contributed by atoms with E-state index in [4.69, 9.17) is 23.8 Å². The first kappa shape index (κ1) is 17.6. The number of nitrogens with one attached hydrogen (secondary N) is 1. The van der Waals surface area contributed by atoms with E-state index < -0.39 is 11.6 Å². The van der Waals surface area contributed by atoms with Gasteiger partial charge in [-0.2, -0.15) is 0 Å². The first-order chi connectivity index (χ1) is 12.9. The zero-order valence-corrected chi connectivity index (χ0v) is 15.3. The second kappa shape index (κ2) is 6.75. The van der Waals surface area contributed by atoms with Crippen molar-refractivity contribution in [1.82, 2.24) is 9.55 Å². The fourth-order valence-electron chi connectivity index (χ4n) is 2.88. The molecule has 0 bridgehead atoms. The largest absolute Gasteiger partial charge is 0.493 e. The molecule has 4 nitrogen and oxygen atoms in total. The lowest BCUT2D eigenvalue weighted by molar-refractivity contribution is 0.422. The zero-order valence-electron chi connectivity index (χ0n) is 13.7. The molecule has 2 N–H and O–H groups in total. The van der Waals surface area contributed by atoms with E-state index in [1.54, 1.807) is 24.4 Å². The lowest BCUT2D eigenvalue weighted by atomic mass is 10.1. The van der Waals surface area contributed by atoms with Gasteiger partial charge in [-0.3, -0.25) is 9.56 Å². The number of fused-ring (bicyclic) bond motifs is 1. The first-order valence-electron chi connectivity index (χ1n) is 7.94. The third kappa shape index (κ3) is 3.31. The first-order valence-corrected chi connectivity index (χ1v) is 8.72. The number of nitrogens with zero attached hydrogens (tertiary/aromatic N) is 2. The van der Waals surface area contributed by atoms with Gasteiger partial charge in [-0.1, -0.05) is 23.7 Å². The molecule has 0 amide bonds. The van der Waals surface area contributed by atoms with Crippen LogP contribution in [0.3, 0.4) is 0 Å². The summed E-state index contributed by atoms with van der Waals surface area (Å²) in [7, 11) is 0. The van der Waals surface area contributed by atoms with Crippen LogP contribution in [0.15, 0.2) is 41.4 Å². The quantitative estimate of drug-likeness (QED) is 0.568. The minimum absolute atomic E-state index is 0.0990. The van der Waals surface area contributed by atoms with Crippen LogP contribution in [-0.4, -0.2) is 20.9 Å². The molecule has 0 spiro atoms. The van der Waals surface area contributed by atoms with Crippen LogP contribution in [-0.2, 0) is 6.54 Å². The Bertz CT molecular complexity index is 1180. The Morgan fingerprint density at radius 2 is 2.00 bits per heavy atom. The van der Waals surface area contributed by atoms with Crippen LogP contribution < -0.4 is 0 Å². The number of benzene rings is 2. The van der Waals surface area contributed by atoms with Crippen LogP contribution in [0, 0.1) is 16.4 Å². The fourth-order valence-corrected chi connectivity index (χ4v) is 3.31. The molecule has 0 saturated carbocycles. The number of hydrogen-bond acceptors (Lipinski definition) is 3. The molecule has 0 radical (unpaired) electrons. The maximum Gasteiger partial charge on any atom is 0.218 e. The molecular weight excluding hydrogens is 392 g/mol. The van der Waals surface area contributed by atoms with Gasteiger partial charge < -0.3 is 10.1 Å². The van der Waals surface area contributed by atoms with Crippen molar-refractivity contribution in [3.8, 4) is 5.88 Å². The van der Waals surface area contributed by atoms with Crippen LogP contribution in [0.1, 0.15) is 16.8 Å². The number of hydrogen-bond donors (Lipinski definition) is 2. The van der Waals surface area contributed by atoms with Crippen molar-refractivity contribution in [3.63, 3.8) is 0 Å². The Kier molecular flexibility index (Phi) is 4.41. The molecule has 2 aromatic carbocycles. The summed E-state index contributed by atoms with van der Waals surface area (Å²) >= 11 is 11.2. The van der Waals surface area contributed by atoms with Crippen molar-refractivity contribution in [2.24, 2.45) is 4.99 Å². The zero-order chi connectivity index (χ0) is 19.1. The van der Waals surface area contributed by atoms with Gasteiger partial charge in [0.1, 0.15) is 5.69 Å². The van der Waals surface area contributed by atoms with Crippen molar-refractivity contribution in [2.75, 3.05) is 0 Å². The summed E-state index contributed by atoms with van der Waals surface area (Å²) in [5, 5.41) is 11.1. The van der Waals surface area contributed by atoms with E-state index in [9.17, 15) is 13.9 Å². The Morgan fingerprint density at radius 3 is 2.78 bits per heavy atom. The van der Waals surface area contributed by atoms with Gasteiger partial charge in [-0.05, 0) is 48.1 Å². The SMILES string of the molecule is Oc1c(/C=C2\C=Nc3cc(Cl)ccc32)[nH]c(=S)n1Cc1ccc(F)c(F)c1. The van der Waals surface area contributed by atoms with Crippen molar-refractivity contribution >= 4 is 47.4 Å².